The molecule has 0 atom stereocenters. The third-order valence-electron chi connectivity index (χ3n) is 28.3. The van der Waals surface area contributed by atoms with Crippen molar-refractivity contribution >= 4 is 114 Å². The van der Waals surface area contributed by atoms with Gasteiger partial charge in [0.25, 0.3) is 0 Å². The molecule has 0 saturated heterocycles. The fourth-order valence-electron chi connectivity index (χ4n) is 20.9. The minimum absolute atomic E-state index is 0.597. The van der Waals surface area contributed by atoms with Gasteiger partial charge in [-0.3, -0.25) is 13.2 Å². The van der Waals surface area contributed by atoms with Crippen molar-refractivity contribution < 1.29 is 0 Å². The van der Waals surface area contributed by atoms with Gasteiger partial charge in [-0.1, -0.05) is 334 Å². The van der Waals surface area contributed by atoms with Crippen LogP contribution in [0.15, 0.2) is 473 Å². The zero-order valence-electron chi connectivity index (χ0n) is 78.9. The molecule has 0 fully saturated rings. The monoisotopic (exact) mass is 1870 g/mol. The molecule has 6 aromatic heterocycles. The summed E-state index contributed by atoms with van der Waals surface area (Å²) in [5, 5.41) is 74.1. The second kappa shape index (κ2) is 37.0. The van der Waals surface area contributed by atoms with Crippen molar-refractivity contribution in [1.82, 2.24) is 28.2 Å². The third-order valence-corrected chi connectivity index (χ3v) is 28.3. The van der Waals surface area contributed by atoms with E-state index in [0.717, 1.165) is 183 Å². The summed E-state index contributed by atoms with van der Waals surface area (Å²) >= 11 is 0. The topological polar surface area (TPSA) is 195 Å². The lowest BCUT2D eigenvalue weighted by atomic mass is 9.95. The number of hydrogen-bond donors (Lipinski definition) is 0. The van der Waals surface area contributed by atoms with Crippen LogP contribution < -0.4 is 0 Å². The van der Waals surface area contributed by atoms with Crippen LogP contribution in [0.4, 0.5) is 0 Å². The van der Waals surface area contributed by atoms with Crippen LogP contribution in [0.1, 0.15) is 33.4 Å². The van der Waals surface area contributed by atoms with E-state index < -0.39 is 0 Å². The second-order valence-electron chi connectivity index (χ2n) is 36.8. The highest BCUT2D eigenvalue weighted by Crippen LogP contribution is 2.47. The maximum Gasteiger partial charge on any atom is 0.146 e. The fraction of sp³-hybridized carbons (Fsp3) is 0. The van der Waals surface area contributed by atoms with Crippen molar-refractivity contribution in [3.05, 3.63) is 507 Å². The van der Waals surface area contributed by atoms with Crippen LogP contribution in [0.5, 0.6) is 0 Å². The number of hydrogen-bond acceptors (Lipinski definition) is 9. The summed E-state index contributed by atoms with van der Waals surface area (Å²) in [7, 11) is 0. The smallest absolute Gasteiger partial charge is 0.146 e. The van der Waals surface area contributed by atoms with E-state index in [0.29, 0.717) is 33.4 Å². The number of benzene rings is 21. The molecule has 0 radical (unpaired) electrons. The fourth-order valence-corrected chi connectivity index (χ4v) is 20.9. The Morgan fingerprint density at radius 3 is 0.687 bits per heavy atom. The summed E-state index contributed by atoms with van der Waals surface area (Å²) < 4.78 is 6.74. The van der Waals surface area contributed by atoms with Gasteiger partial charge in [-0.05, 0) is 255 Å². The Morgan fingerprint density at radius 1 is 0.143 bits per heavy atom. The Kier molecular flexibility index (Phi) is 22.0. The number of nitrogens with zero attached hydrogens (tertiary/aromatic N) is 12. The molecule has 678 valence electrons. The number of aromatic nitrogens is 6. The Balaban J connectivity index is 0.000000115. The van der Waals surface area contributed by atoms with E-state index in [4.69, 9.17) is 15.0 Å². The standard InChI is InChI=1S/C49H28N4.C45H26N4.C41H24N4/c50-29-31-9-13-34(14-10-31)47-48(35-15-11-32(30-51)12-16-35)53-46-8-4-3-7-43(46)45-28-42(23-24-44(45)49(53)52-47)41-22-21-39-26-38(19-20-40(39)27-41)37-18-17-33-5-1-2-6-36(33)25-37;46-27-29-9-13-34(14-10-29)43-44(35-15-11-30(28-47)12-16-35)49-42-8-4-3-7-40(42)39-24-23-38(26-41(39)45(49)48-43)33-19-17-32(18-20-33)37-22-21-31-5-1-2-6-36(31)25-37;42-25-27-10-14-32(15-11-27)39-40(33-16-12-28(26-43)13-17-33)45-38-9-5-4-8-36(38)35-23-22-34(24-37(35)41(45)44-39)31-20-18-30(19-21-31)29-6-2-1-3-7-29/h1-28H;1-26H;1-24H. The molecule has 0 unspecified atom stereocenters. The molecule has 0 amide bonds. The van der Waals surface area contributed by atoms with Crippen LogP contribution in [-0.4, -0.2) is 28.2 Å². The van der Waals surface area contributed by atoms with Gasteiger partial charge in [0.2, 0.25) is 0 Å². The van der Waals surface area contributed by atoms with Gasteiger partial charge in [-0.25, -0.2) is 15.0 Å². The molecule has 12 nitrogen and oxygen atoms in total. The van der Waals surface area contributed by atoms with E-state index in [1.165, 1.54) is 65.7 Å². The van der Waals surface area contributed by atoms with Crippen molar-refractivity contribution in [1.29, 1.82) is 31.6 Å². The van der Waals surface area contributed by atoms with Gasteiger partial charge in [0.05, 0.1) is 121 Å². The first-order valence-corrected chi connectivity index (χ1v) is 48.5. The zero-order chi connectivity index (χ0) is 98.7. The van der Waals surface area contributed by atoms with E-state index in [-0.39, 0.29) is 0 Å². The van der Waals surface area contributed by atoms with Crippen molar-refractivity contribution in [3.63, 3.8) is 0 Å². The Morgan fingerprint density at radius 2 is 0.354 bits per heavy atom. The van der Waals surface area contributed by atoms with Crippen LogP contribution in [-0.2, 0) is 0 Å². The molecule has 12 heteroatoms. The second-order valence-corrected chi connectivity index (χ2v) is 36.8. The van der Waals surface area contributed by atoms with E-state index >= 15 is 0 Å². The molecule has 0 aliphatic rings. The van der Waals surface area contributed by atoms with E-state index in [9.17, 15) is 31.6 Å². The van der Waals surface area contributed by atoms with E-state index in [2.05, 4.69) is 371 Å². The van der Waals surface area contributed by atoms with E-state index in [1.807, 2.05) is 152 Å². The molecular weight excluding hydrogens is 1790 g/mol. The van der Waals surface area contributed by atoms with Gasteiger partial charge in [0.1, 0.15) is 16.9 Å². The lowest BCUT2D eigenvalue weighted by Gasteiger charge is -2.13. The van der Waals surface area contributed by atoms with Gasteiger partial charge >= 0.3 is 0 Å². The highest BCUT2D eigenvalue weighted by atomic mass is 15.1. The highest BCUT2D eigenvalue weighted by molar-refractivity contribution is 6.18. The van der Waals surface area contributed by atoms with Crippen LogP contribution >= 0.6 is 0 Å². The molecule has 0 saturated carbocycles. The average molecular weight is 1870 g/mol. The van der Waals surface area contributed by atoms with Crippen molar-refractivity contribution in [2.24, 2.45) is 0 Å². The first-order chi connectivity index (χ1) is 72.5. The third kappa shape index (κ3) is 15.9. The number of rotatable bonds is 12. The highest BCUT2D eigenvalue weighted by Gasteiger charge is 2.27. The maximum atomic E-state index is 9.52. The molecule has 6 heterocycles. The molecule has 0 bridgehead atoms. The normalized spacial score (nSPS) is 11.2. The summed E-state index contributed by atoms with van der Waals surface area (Å²) in [5.41, 5.74) is 34.1. The molecular formula is C135H78N12. The largest absolute Gasteiger partial charge is 0.291 e. The SMILES string of the molecule is N#Cc1ccc(-c2nc3c4cc(-c5ccc(-c6ccc7ccccc7c6)cc5)ccc4c4ccccc4n3c2-c2ccc(C#N)cc2)cc1.N#Cc1ccc(-c2nc3c4cc(-c5ccc(-c6ccccc6)cc5)ccc4c4ccccc4n3c2-c2ccc(C#N)cc2)cc1.N#Cc1ccc(-c2nc3c4ccc(-c5ccc6cc(-c7ccc8ccccc8c7)ccc6c5)cc4c4ccccc4n3c2-c2ccc(C#N)cc2)cc1. The first kappa shape index (κ1) is 87.5. The Hall–Kier alpha value is -21.0. The quantitative estimate of drug-likeness (QED) is 0.107. The average Bonchev–Trinajstić information content (AvgIpc) is 1.58. The van der Waals surface area contributed by atoms with Crippen LogP contribution in [0.3, 0.4) is 0 Å². The first-order valence-electron chi connectivity index (χ1n) is 48.5. The summed E-state index contributed by atoms with van der Waals surface area (Å²) in [6, 6.07) is 176. The number of para-hydroxylation sites is 3. The van der Waals surface area contributed by atoms with Crippen LogP contribution in [0, 0.1) is 68.0 Å². The summed E-state index contributed by atoms with van der Waals surface area (Å²) in [4.78, 5) is 16.0. The molecule has 21 aromatic carbocycles. The predicted molar refractivity (Wildman–Crippen MR) is 597 cm³/mol. The van der Waals surface area contributed by atoms with Gasteiger partial charge < -0.3 is 0 Å². The molecule has 0 aliphatic heterocycles. The van der Waals surface area contributed by atoms with Crippen molar-refractivity contribution in [2.75, 3.05) is 0 Å². The van der Waals surface area contributed by atoms with Crippen molar-refractivity contribution in [2.45, 2.75) is 0 Å². The molecule has 0 N–H and O–H groups in total. The van der Waals surface area contributed by atoms with Gasteiger partial charge in [0, 0.05) is 65.7 Å². The summed E-state index contributed by atoms with van der Waals surface area (Å²) in [6.45, 7) is 0. The van der Waals surface area contributed by atoms with Gasteiger partial charge in [-0.15, -0.1) is 0 Å². The van der Waals surface area contributed by atoms with Crippen LogP contribution in [0.2, 0.25) is 0 Å². The molecule has 27 rings (SSSR count). The number of pyridine rings is 3. The van der Waals surface area contributed by atoms with Gasteiger partial charge in [-0.2, -0.15) is 31.6 Å². The lowest BCUT2D eigenvalue weighted by Crippen LogP contribution is -1.95. The summed E-state index contributed by atoms with van der Waals surface area (Å²) in [5.74, 6) is 0. The molecule has 0 aliphatic carbocycles. The van der Waals surface area contributed by atoms with Gasteiger partial charge in [0.15, 0.2) is 0 Å². The number of imidazole rings is 3. The molecule has 27 aromatic rings. The lowest BCUT2D eigenvalue weighted by molar-refractivity contribution is 1.27. The van der Waals surface area contributed by atoms with E-state index in [1.54, 1.807) is 0 Å². The maximum absolute atomic E-state index is 9.52. The Labute approximate surface area is 845 Å². The predicted octanol–water partition coefficient (Wildman–Crippen LogP) is 33.6. The summed E-state index contributed by atoms with van der Waals surface area (Å²) in [6.07, 6.45) is 0. The minimum atomic E-state index is 0.597. The number of nitriles is 6. The van der Waals surface area contributed by atoms with Crippen molar-refractivity contribution in [3.8, 4) is 171 Å². The number of fused-ring (bicyclic) bond motifs is 21. The zero-order valence-corrected chi connectivity index (χ0v) is 78.9. The Bertz CT molecular complexity index is 10300. The van der Waals surface area contributed by atoms with Crippen LogP contribution in [0.25, 0.3) is 249 Å². The molecule has 0 spiro atoms. The minimum Gasteiger partial charge on any atom is -0.291 e. The molecule has 147 heavy (non-hydrogen) atoms.